The SMILES string of the molecule is Cc1[nH]nc2c1[C@H](c1cnn(C)c1)c1c(ncn3nc(-c4cccc(COc5cccc(Cl)c5)c4)nc13)O2. The molecule has 0 unspecified atom stereocenters. The molecule has 1 aliphatic rings. The number of aromatic nitrogens is 8. The average Bonchev–Trinajstić information content (AvgIpc) is 3.65. The zero-order chi connectivity index (χ0) is 25.8. The first-order valence-electron chi connectivity index (χ1n) is 12.0. The number of rotatable bonds is 5. The monoisotopic (exact) mass is 524 g/mol. The number of fused-ring (bicyclic) bond motifs is 4. The maximum absolute atomic E-state index is 6.09. The molecule has 1 N–H and O–H groups in total. The van der Waals surface area contributed by atoms with Gasteiger partial charge in [-0.2, -0.15) is 5.10 Å². The van der Waals surface area contributed by atoms with Gasteiger partial charge in [0.05, 0.1) is 17.7 Å². The van der Waals surface area contributed by atoms with E-state index in [-0.39, 0.29) is 5.92 Å². The molecule has 0 saturated heterocycles. The van der Waals surface area contributed by atoms with Gasteiger partial charge in [0.1, 0.15) is 18.7 Å². The van der Waals surface area contributed by atoms with Crippen LogP contribution in [0, 0.1) is 6.92 Å². The van der Waals surface area contributed by atoms with E-state index in [0.29, 0.717) is 40.6 Å². The van der Waals surface area contributed by atoms with Gasteiger partial charge in [-0.15, -0.1) is 10.2 Å². The number of nitrogens with zero attached hydrogens (tertiary/aromatic N) is 7. The normalized spacial score (nSPS) is 14.2. The molecule has 1 aliphatic heterocycles. The predicted octanol–water partition coefficient (Wildman–Crippen LogP) is 5.07. The topological polar surface area (TPSA) is 108 Å². The van der Waals surface area contributed by atoms with Crippen molar-refractivity contribution in [2.75, 3.05) is 0 Å². The number of hydrogen-bond donors (Lipinski definition) is 1. The first kappa shape index (κ1) is 22.5. The Labute approximate surface area is 221 Å². The van der Waals surface area contributed by atoms with Gasteiger partial charge < -0.3 is 9.47 Å². The lowest BCUT2D eigenvalue weighted by Gasteiger charge is -2.24. The van der Waals surface area contributed by atoms with Gasteiger partial charge in [-0.3, -0.25) is 9.78 Å². The number of hydrogen-bond acceptors (Lipinski definition) is 7. The van der Waals surface area contributed by atoms with Gasteiger partial charge in [0, 0.05) is 40.7 Å². The molecular formula is C27H21ClN8O2. The molecule has 0 fully saturated rings. The predicted molar refractivity (Wildman–Crippen MR) is 140 cm³/mol. The zero-order valence-electron chi connectivity index (χ0n) is 20.5. The average molecular weight is 525 g/mol. The smallest absolute Gasteiger partial charge is 0.244 e. The molecule has 1 atom stereocenters. The molecule has 2 aromatic carbocycles. The van der Waals surface area contributed by atoms with Crippen LogP contribution >= 0.6 is 11.6 Å². The van der Waals surface area contributed by atoms with Crippen molar-refractivity contribution in [3.63, 3.8) is 0 Å². The Hall–Kier alpha value is -4.70. The summed E-state index contributed by atoms with van der Waals surface area (Å²) in [7, 11) is 1.89. The van der Waals surface area contributed by atoms with Crippen molar-refractivity contribution in [2.45, 2.75) is 19.4 Å². The maximum Gasteiger partial charge on any atom is 0.244 e. The highest BCUT2D eigenvalue weighted by Gasteiger charge is 2.37. The lowest BCUT2D eigenvalue weighted by molar-refractivity contribution is 0.306. The number of aromatic amines is 1. The van der Waals surface area contributed by atoms with Crippen molar-refractivity contribution < 1.29 is 9.47 Å². The van der Waals surface area contributed by atoms with Crippen LogP contribution < -0.4 is 9.47 Å². The van der Waals surface area contributed by atoms with Crippen molar-refractivity contribution in [1.82, 2.24) is 39.6 Å². The Morgan fingerprint density at radius 3 is 2.84 bits per heavy atom. The number of aryl methyl sites for hydroxylation is 2. The molecule has 188 valence electrons. The Morgan fingerprint density at radius 1 is 1.11 bits per heavy atom. The summed E-state index contributed by atoms with van der Waals surface area (Å²) in [5.41, 5.74) is 6.16. The number of ether oxygens (including phenoxy) is 2. The Balaban J connectivity index is 1.29. The quantitative estimate of drug-likeness (QED) is 0.334. The van der Waals surface area contributed by atoms with E-state index in [1.807, 2.05) is 68.8 Å². The van der Waals surface area contributed by atoms with Crippen molar-refractivity contribution in [3.05, 3.63) is 100 Å². The number of halogens is 1. The third kappa shape index (κ3) is 3.77. The van der Waals surface area contributed by atoms with Gasteiger partial charge in [0.25, 0.3) is 0 Å². The molecule has 0 spiro atoms. The minimum Gasteiger partial charge on any atom is -0.489 e. The molecule has 4 aromatic heterocycles. The summed E-state index contributed by atoms with van der Waals surface area (Å²) in [6.07, 6.45) is 5.45. The van der Waals surface area contributed by atoms with E-state index in [0.717, 1.165) is 33.5 Å². The maximum atomic E-state index is 6.09. The molecule has 0 saturated carbocycles. The fourth-order valence-corrected chi connectivity index (χ4v) is 5.01. The molecule has 5 heterocycles. The first-order valence-corrected chi connectivity index (χ1v) is 12.4. The third-order valence-electron chi connectivity index (χ3n) is 6.56. The van der Waals surface area contributed by atoms with Crippen molar-refractivity contribution >= 4 is 17.2 Å². The van der Waals surface area contributed by atoms with Crippen LogP contribution in [0.5, 0.6) is 17.5 Å². The lowest BCUT2D eigenvalue weighted by atomic mass is 9.86. The van der Waals surface area contributed by atoms with Crippen molar-refractivity contribution in [2.24, 2.45) is 7.05 Å². The van der Waals surface area contributed by atoms with Crippen LogP contribution in [-0.4, -0.2) is 39.6 Å². The molecule has 11 heteroatoms. The van der Waals surface area contributed by atoms with Gasteiger partial charge in [0.2, 0.25) is 11.8 Å². The lowest BCUT2D eigenvalue weighted by Crippen LogP contribution is -2.14. The molecule has 0 amide bonds. The molecule has 38 heavy (non-hydrogen) atoms. The van der Waals surface area contributed by atoms with Gasteiger partial charge in [-0.1, -0.05) is 35.9 Å². The molecule has 10 nitrogen and oxygen atoms in total. The van der Waals surface area contributed by atoms with Gasteiger partial charge in [-0.05, 0) is 36.8 Å². The fourth-order valence-electron chi connectivity index (χ4n) is 4.83. The largest absolute Gasteiger partial charge is 0.489 e. The highest BCUT2D eigenvalue weighted by atomic mass is 35.5. The summed E-state index contributed by atoms with van der Waals surface area (Å²) in [5, 5.41) is 17.2. The Bertz CT molecular complexity index is 1820. The van der Waals surface area contributed by atoms with Gasteiger partial charge in [0.15, 0.2) is 11.5 Å². The van der Waals surface area contributed by atoms with Crippen LogP contribution in [0.2, 0.25) is 5.02 Å². The molecule has 0 aliphatic carbocycles. The third-order valence-corrected chi connectivity index (χ3v) is 6.80. The second-order valence-electron chi connectivity index (χ2n) is 9.16. The standard InChI is InChI=1S/C27H21ClN8O2/c1-15-21-22(18-11-30-35(2)12-18)23-25-31-24(34-36(25)14-29-26(23)38-27(21)33-32-15)17-6-3-5-16(9-17)13-37-20-8-4-7-19(28)10-20/h3-12,14,22H,13H2,1-2H3,(H,32,33)/t22-/m0/s1. The van der Waals surface area contributed by atoms with Crippen LogP contribution in [0.15, 0.2) is 67.3 Å². The van der Waals surface area contributed by atoms with Crippen molar-refractivity contribution in [1.29, 1.82) is 0 Å². The van der Waals surface area contributed by atoms with E-state index in [1.54, 1.807) is 21.6 Å². The van der Waals surface area contributed by atoms with Crippen LogP contribution in [0.1, 0.15) is 33.9 Å². The Kier molecular flexibility index (Phi) is 5.15. The zero-order valence-corrected chi connectivity index (χ0v) is 21.2. The van der Waals surface area contributed by atoms with Crippen LogP contribution in [-0.2, 0) is 13.7 Å². The molecule has 7 rings (SSSR count). The van der Waals surface area contributed by atoms with Crippen molar-refractivity contribution in [3.8, 4) is 28.9 Å². The van der Waals surface area contributed by atoms with Crippen LogP contribution in [0.4, 0.5) is 0 Å². The van der Waals surface area contributed by atoms with E-state index in [2.05, 4.69) is 20.3 Å². The van der Waals surface area contributed by atoms with Crippen LogP contribution in [0.25, 0.3) is 17.0 Å². The number of nitrogens with one attached hydrogen (secondary N) is 1. The van der Waals surface area contributed by atoms with E-state index in [9.17, 15) is 0 Å². The minimum atomic E-state index is -0.216. The van der Waals surface area contributed by atoms with E-state index in [4.69, 9.17) is 31.2 Å². The van der Waals surface area contributed by atoms with Gasteiger partial charge in [-0.25, -0.2) is 14.5 Å². The molecule has 6 aromatic rings. The summed E-state index contributed by atoms with van der Waals surface area (Å²) in [4.78, 5) is 9.51. The highest BCUT2D eigenvalue weighted by Crippen LogP contribution is 2.48. The summed E-state index contributed by atoms with van der Waals surface area (Å²) < 4.78 is 15.5. The minimum absolute atomic E-state index is 0.216. The number of benzene rings is 2. The molecule has 0 radical (unpaired) electrons. The fraction of sp³-hybridized carbons (Fsp3) is 0.148. The van der Waals surface area contributed by atoms with E-state index >= 15 is 0 Å². The summed E-state index contributed by atoms with van der Waals surface area (Å²) >= 11 is 6.08. The second-order valence-corrected chi connectivity index (χ2v) is 9.60. The summed E-state index contributed by atoms with van der Waals surface area (Å²) in [5.74, 6) is 2.03. The molecular weight excluding hydrogens is 504 g/mol. The van der Waals surface area contributed by atoms with Crippen LogP contribution in [0.3, 0.4) is 0 Å². The Morgan fingerprint density at radius 2 is 2.00 bits per heavy atom. The number of H-pyrrole nitrogens is 1. The van der Waals surface area contributed by atoms with E-state index < -0.39 is 0 Å². The highest BCUT2D eigenvalue weighted by molar-refractivity contribution is 6.30. The van der Waals surface area contributed by atoms with Gasteiger partial charge >= 0.3 is 0 Å². The summed E-state index contributed by atoms with van der Waals surface area (Å²) in [6, 6.07) is 15.3. The molecule has 0 bridgehead atoms. The second kappa shape index (κ2) is 8.70. The van der Waals surface area contributed by atoms with E-state index in [1.165, 1.54) is 0 Å². The summed E-state index contributed by atoms with van der Waals surface area (Å²) in [6.45, 7) is 2.36. The first-order chi connectivity index (χ1) is 18.5.